The second-order valence-electron chi connectivity index (χ2n) is 6.64. The highest BCUT2D eigenvalue weighted by atomic mass is 19.1. The van der Waals surface area contributed by atoms with Gasteiger partial charge in [-0.2, -0.15) is 0 Å². The lowest BCUT2D eigenvalue weighted by molar-refractivity contribution is -0.105. The molecule has 0 bridgehead atoms. The zero-order chi connectivity index (χ0) is 20.9. The van der Waals surface area contributed by atoms with Gasteiger partial charge in [0.25, 0.3) is 0 Å². The number of ether oxygens (including phenoxy) is 1. The van der Waals surface area contributed by atoms with Gasteiger partial charge >= 0.3 is 0 Å². The van der Waals surface area contributed by atoms with Gasteiger partial charge in [-0.3, -0.25) is 9.79 Å². The summed E-state index contributed by atoms with van der Waals surface area (Å²) in [6.07, 6.45) is 2.14. The lowest BCUT2D eigenvalue weighted by atomic mass is 9.92. The normalized spacial score (nSPS) is 18.4. The molecule has 0 spiro atoms. The van der Waals surface area contributed by atoms with Crippen LogP contribution in [0.25, 0.3) is 11.5 Å². The molecule has 29 heavy (non-hydrogen) atoms. The third kappa shape index (κ3) is 4.88. The number of furan rings is 1. The first-order chi connectivity index (χ1) is 13.9. The molecule has 8 nitrogen and oxygen atoms in total. The van der Waals surface area contributed by atoms with E-state index in [-0.39, 0.29) is 13.2 Å². The van der Waals surface area contributed by atoms with E-state index in [2.05, 4.69) is 15.5 Å². The topological polar surface area (TPSA) is 116 Å². The SMILES string of the molecule is CC1(c2cc(NC=O)ccc2F)COCC(N)=N1.Cc1cc(-c2ccco2)on1. The summed E-state index contributed by atoms with van der Waals surface area (Å²) in [4.78, 5) is 14.7. The number of halogens is 1. The van der Waals surface area contributed by atoms with Gasteiger partial charge in [-0.25, -0.2) is 4.39 Å². The van der Waals surface area contributed by atoms with Gasteiger partial charge in [0.1, 0.15) is 23.8 Å². The Morgan fingerprint density at radius 2 is 2.10 bits per heavy atom. The Balaban J connectivity index is 0.000000186. The smallest absolute Gasteiger partial charge is 0.211 e. The molecule has 1 atom stereocenters. The van der Waals surface area contributed by atoms with Gasteiger partial charge in [0.05, 0.1) is 18.6 Å². The molecular formula is C20H21FN4O4. The van der Waals surface area contributed by atoms with E-state index >= 15 is 0 Å². The zero-order valence-electron chi connectivity index (χ0n) is 16.0. The van der Waals surface area contributed by atoms with Gasteiger partial charge in [-0.1, -0.05) is 5.16 Å². The van der Waals surface area contributed by atoms with Crippen molar-refractivity contribution in [1.82, 2.24) is 5.16 Å². The van der Waals surface area contributed by atoms with Gasteiger partial charge in [0, 0.05) is 17.3 Å². The Morgan fingerprint density at radius 3 is 2.72 bits per heavy atom. The third-order valence-corrected chi connectivity index (χ3v) is 4.19. The Kier molecular flexibility index (Phi) is 6.08. The number of hydrogen-bond acceptors (Lipinski definition) is 7. The van der Waals surface area contributed by atoms with Crippen LogP contribution in [0.3, 0.4) is 0 Å². The van der Waals surface area contributed by atoms with Crippen LogP contribution in [0.4, 0.5) is 10.1 Å². The van der Waals surface area contributed by atoms with Gasteiger partial charge in [-0.05, 0) is 44.2 Å². The number of amidine groups is 1. The molecule has 1 unspecified atom stereocenters. The monoisotopic (exact) mass is 400 g/mol. The van der Waals surface area contributed by atoms with Gasteiger partial charge in [-0.15, -0.1) is 0 Å². The number of carbonyl (C=O) groups excluding carboxylic acids is 1. The number of carbonyl (C=O) groups is 1. The van der Waals surface area contributed by atoms with Crippen LogP contribution in [0.1, 0.15) is 18.2 Å². The number of anilines is 1. The van der Waals surface area contributed by atoms with Gasteiger partial charge in [0.2, 0.25) is 12.2 Å². The van der Waals surface area contributed by atoms with Crippen molar-refractivity contribution in [3.05, 3.63) is 59.7 Å². The van der Waals surface area contributed by atoms with Crippen LogP contribution in [-0.2, 0) is 15.1 Å². The lowest BCUT2D eigenvalue weighted by Crippen LogP contribution is -2.38. The van der Waals surface area contributed by atoms with E-state index in [1.807, 2.05) is 25.1 Å². The molecule has 0 saturated heterocycles. The van der Waals surface area contributed by atoms with E-state index in [4.69, 9.17) is 19.4 Å². The van der Waals surface area contributed by atoms with Crippen LogP contribution in [-0.4, -0.2) is 30.6 Å². The number of aryl methyl sites for hydroxylation is 1. The summed E-state index contributed by atoms with van der Waals surface area (Å²) in [5, 5.41) is 6.21. The predicted molar refractivity (Wildman–Crippen MR) is 105 cm³/mol. The summed E-state index contributed by atoms with van der Waals surface area (Å²) in [5.41, 5.74) is 6.46. The minimum atomic E-state index is -0.868. The van der Waals surface area contributed by atoms with Crippen molar-refractivity contribution in [3.8, 4) is 11.5 Å². The van der Waals surface area contributed by atoms with Crippen molar-refractivity contribution < 1.29 is 22.9 Å². The van der Waals surface area contributed by atoms with Crippen LogP contribution in [0.15, 0.2) is 56.6 Å². The fraction of sp³-hybridized carbons (Fsp3) is 0.250. The summed E-state index contributed by atoms with van der Waals surface area (Å²) in [5.74, 6) is 1.31. The first kappa shape index (κ1) is 20.3. The molecule has 1 aliphatic heterocycles. The minimum Gasteiger partial charge on any atom is -0.461 e. The van der Waals surface area contributed by atoms with Crippen LogP contribution < -0.4 is 11.1 Å². The van der Waals surface area contributed by atoms with Crippen LogP contribution in [0.2, 0.25) is 0 Å². The molecule has 152 valence electrons. The molecule has 9 heteroatoms. The molecule has 4 rings (SSSR count). The largest absolute Gasteiger partial charge is 0.461 e. The maximum Gasteiger partial charge on any atom is 0.211 e. The number of aliphatic imine (C=N–C) groups is 1. The molecule has 0 fully saturated rings. The fourth-order valence-corrected chi connectivity index (χ4v) is 2.87. The highest BCUT2D eigenvalue weighted by Gasteiger charge is 2.32. The second kappa shape index (κ2) is 8.70. The summed E-state index contributed by atoms with van der Waals surface area (Å²) in [7, 11) is 0. The summed E-state index contributed by atoms with van der Waals surface area (Å²) in [6, 6.07) is 9.78. The van der Waals surface area contributed by atoms with Gasteiger partial charge < -0.3 is 24.7 Å². The van der Waals surface area contributed by atoms with E-state index < -0.39 is 11.4 Å². The molecule has 3 N–H and O–H groups in total. The number of hydrogen-bond donors (Lipinski definition) is 2. The van der Waals surface area contributed by atoms with Crippen molar-refractivity contribution in [3.63, 3.8) is 0 Å². The predicted octanol–water partition coefficient (Wildman–Crippen LogP) is 3.24. The number of nitrogens with one attached hydrogen (secondary N) is 1. The molecular weight excluding hydrogens is 379 g/mol. The number of benzene rings is 1. The molecule has 1 amide bonds. The minimum absolute atomic E-state index is 0.245. The molecule has 3 aromatic rings. The van der Waals surface area contributed by atoms with E-state index in [0.29, 0.717) is 35.0 Å². The fourth-order valence-electron chi connectivity index (χ4n) is 2.87. The Labute approximate surface area is 166 Å². The van der Waals surface area contributed by atoms with E-state index in [9.17, 15) is 9.18 Å². The summed E-state index contributed by atoms with van der Waals surface area (Å²) < 4.78 is 29.2. The van der Waals surface area contributed by atoms with Crippen molar-refractivity contribution in [2.45, 2.75) is 19.4 Å². The van der Waals surface area contributed by atoms with Crippen molar-refractivity contribution >= 4 is 17.9 Å². The van der Waals surface area contributed by atoms with E-state index in [1.165, 1.54) is 18.2 Å². The maximum absolute atomic E-state index is 13.9. The van der Waals surface area contributed by atoms with Gasteiger partial charge in [0.15, 0.2) is 5.76 Å². The Bertz CT molecular complexity index is 1000. The zero-order valence-corrected chi connectivity index (χ0v) is 16.0. The highest BCUT2D eigenvalue weighted by Crippen LogP contribution is 2.32. The number of aromatic nitrogens is 1. The second-order valence-corrected chi connectivity index (χ2v) is 6.64. The summed E-state index contributed by atoms with van der Waals surface area (Å²) in [6.45, 7) is 4.11. The molecule has 3 heterocycles. The standard InChI is InChI=1S/C12H14FN3O2.C8H7NO2/c1-12(6-18-5-11(14)16-12)9-4-8(15-7-17)2-3-10(9)13;1-6-5-8(11-9-6)7-3-2-4-10-7/h2-4,7H,5-6H2,1H3,(H2,14,16)(H,15,17);2-5H,1H3. The average molecular weight is 400 g/mol. The number of amides is 1. The van der Waals surface area contributed by atoms with E-state index in [0.717, 1.165) is 5.69 Å². The number of nitrogens with zero attached hydrogens (tertiary/aromatic N) is 2. The Hall–Kier alpha value is -3.46. The number of rotatable bonds is 4. The van der Waals surface area contributed by atoms with Crippen molar-refractivity contribution in [2.75, 3.05) is 18.5 Å². The molecule has 0 radical (unpaired) electrons. The molecule has 0 saturated carbocycles. The van der Waals surface area contributed by atoms with Crippen molar-refractivity contribution in [2.24, 2.45) is 10.7 Å². The van der Waals surface area contributed by atoms with Crippen molar-refractivity contribution in [1.29, 1.82) is 0 Å². The van der Waals surface area contributed by atoms with Crippen LogP contribution in [0, 0.1) is 12.7 Å². The molecule has 1 aliphatic rings. The summed E-state index contributed by atoms with van der Waals surface area (Å²) >= 11 is 0. The Morgan fingerprint density at radius 1 is 1.28 bits per heavy atom. The number of nitrogens with two attached hydrogens (primary N) is 1. The first-order valence-corrected chi connectivity index (χ1v) is 8.80. The quantitative estimate of drug-likeness (QED) is 0.650. The molecule has 2 aromatic heterocycles. The first-order valence-electron chi connectivity index (χ1n) is 8.80. The van der Waals surface area contributed by atoms with Crippen LogP contribution >= 0.6 is 0 Å². The van der Waals surface area contributed by atoms with E-state index in [1.54, 1.807) is 13.2 Å². The van der Waals surface area contributed by atoms with Crippen LogP contribution in [0.5, 0.6) is 0 Å². The maximum atomic E-state index is 13.9. The third-order valence-electron chi connectivity index (χ3n) is 4.19. The average Bonchev–Trinajstić information content (AvgIpc) is 3.35. The highest BCUT2D eigenvalue weighted by molar-refractivity contribution is 5.82. The molecule has 1 aromatic carbocycles. The molecule has 0 aliphatic carbocycles. The lowest BCUT2D eigenvalue weighted by Gasteiger charge is -2.30.